The van der Waals surface area contributed by atoms with Crippen molar-refractivity contribution in [1.29, 1.82) is 0 Å². The van der Waals surface area contributed by atoms with Crippen molar-refractivity contribution >= 4 is 17.9 Å². The van der Waals surface area contributed by atoms with Crippen LogP contribution in [0.1, 0.15) is 149 Å². The lowest BCUT2D eigenvalue weighted by Gasteiger charge is -2.34. The first kappa shape index (κ1) is 52.5. The molecular formula is C48H79NO7. The molecule has 0 fully saturated rings. The number of rotatable bonds is 37. The maximum absolute atomic E-state index is 12.7. The van der Waals surface area contributed by atoms with Gasteiger partial charge in [-0.05, 0) is 83.5 Å². The zero-order valence-corrected chi connectivity index (χ0v) is 36.0. The lowest BCUT2D eigenvalue weighted by atomic mass is 10.1. The normalized spacial score (nSPS) is 13.8. The Morgan fingerprint density at radius 1 is 0.536 bits per heavy atom. The predicted octanol–water partition coefficient (Wildman–Crippen LogP) is 10.4. The minimum atomic E-state index is -1.14. The van der Waals surface area contributed by atoms with Crippen LogP contribution >= 0.6 is 0 Å². The Bertz CT molecular complexity index is 1190. The second-order valence-corrected chi connectivity index (χ2v) is 15.2. The van der Waals surface area contributed by atoms with Crippen LogP contribution in [0.5, 0.6) is 0 Å². The molecule has 2 atom stereocenters. The largest absolute Gasteiger partial charge is 0.544 e. The summed E-state index contributed by atoms with van der Waals surface area (Å²) in [5.74, 6) is -1.81. The van der Waals surface area contributed by atoms with Crippen molar-refractivity contribution in [3.05, 3.63) is 85.1 Å². The fourth-order valence-corrected chi connectivity index (χ4v) is 5.72. The zero-order valence-electron chi connectivity index (χ0n) is 36.0. The van der Waals surface area contributed by atoms with Crippen LogP contribution in [0, 0.1) is 0 Å². The first-order valence-corrected chi connectivity index (χ1v) is 21.6. The van der Waals surface area contributed by atoms with E-state index in [2.05, 4.69) is 98.9 Å². The van der Waals surface area contributed by atoms with Crippen molar-refractivity contribution < 1.29 is 38.2 Å². The van der Waals surface area contributed by atoms with E-state index in [9.17, 15) is 19.5 Å². The average Bonchev–Trinajstić information content (AvgIpc) is 3.15. The number of aliphatic carboxylic acids is 1. The summed E-state index contributed by atoms with van der Waals surface area (Å²) < 4.78 is 17.1. The Labute approximate surface area is 342 Å². The van der Waals surface area contributed by atoms with E-state index in [0.29, 0.717) is 12.8 Å². The molecule has 2 unspecified atom stereocenters. The molecule has 0 aromatic rings. The van der Waals surface area contributed by atoms with Crippen LogP contribution in [-0.2, 0) is 28.6 Å². The van der Waals surface area contributed by atoms with E-state index in [-0.39, 0.29) is 42.7 Å². The molecule has 0 N–H and O–H groups in total. The molecule has 0 saturated heterocycles. The van der Waals surface area contributed by atoms with Crippen molar-refractivity contribution in [2.45, 2.75) is 161 Å². The van der Waals surface area contributed by atoms with Crippen molar-refractivity contribution in [1.82, 2.24) is 0 Å². The van der Waals surface area contributed by atoms with Gasteiger partial charge in [-0.1, -0.05) is 131 Å². The fraction of sp³-hybridized carbons (Fsp3) is 0.646. The first-order chi connectivity index (χ1) is 27.1. The number of quaternary nitrogens is 1. The molecule has 0 spiro atoms. The molecule has 318 valence electrons. The second-order valence-electron chi connectivity index (χ2n) is 15.2. The molecule has 8 nitrogen and oxygen atoms in total. The highest BCUT2D eigenvalue weighted by Gasteiger charge is 2.25. The predicted molar refractivity (Wildman–Crippen MR) is 231 cm³/mol. The Hall–Kier alpha value is -3.49. The molecule has 0 aromatic heterocycles. The molecule has 8 heteroatoms. The van der Waals surface area contributed by atoms with Gasteiger partial charge in [-0.25, -0.2) is 0 Å². The molecule has 56 heavy (non-hydrogen) atoms. The maximum atomic E-state index is 12.7. The summed E-state index contributed by atoms with van der Waals surface area (Å²) in [5, 5.41) is 11.6. The number of ether oxygens (including phenoxy) is 3. The second kappa shape index (κ2) is 38.4. The van der Waals surface area contributed by atoms with Crippen LogP contribution in [0.4, 0.5) is 0 Å². The lowest BCUT2D eigenvalue weighted by molar-refractivity contribution is -0.889. The molecule has 0 saturated carbocycles. The molecule has 0 heterocycles. The number of likely N-dealkylation sites (N-methyl/N-ethyl adjacent to an activating group) is 1. The van der Waals surface area contributed by atoms with Gasteiger partial charge >= 0.3 is 11.9 Å². The molecule has 0 aromatic carbocycles. The number of hydrogen-bond acceptors (Lipinski definition) is 7. The fourth-order valence-electron chi connectivity index (χ4n) is 5.72. The Kier molecular flexibility index (Phi) is 36.0. The van der Waals surface area contributed by atoms with Crippen LogP contribution in [-0.4, -0.2) is 75.5 Å². The molecule has 0 amide bonds. The van der Waals surface area contributed by atoms with E-state index in [4.69, 9.17) is 14.2 Å². The third-order valence-electron chi connectivity index (χ3n) is 9.03. The summed E-state index contributed by atoms with van der Waals surface area (Å²) in [7, 11) is 5.38. The SMILES string of the molecule is CC/C=C/C/C=C/C/C=C/C/C=C/C/C=C/CCCCCCCCCC(=O)OC(COCCC(C(=O)[O-])[N+](C)(C)C)COC(=O)CCCC/C=C/C/C=C/CC. The average molecular weight is 782 g/mol. The van der Waals surface area contributed by atoms with Crippen LogP contribution in [0.2, 0.25) is 0 Å². The summed E-state index contributed by atoms with van der Waals surface area (Å²) in [4.78, 5) is 36.7. The Morgan fingerprint density at radius 2 is 0.946 bits per heavy atom. The zero-order chi connectivity index (χ0) is 41.4. The minimum Gasteiger partial charge on any atom is -0.544 e. The third-order valence-corrected chi connectivity index (χ3v) is 9.03. The molecule has 0 aliphatic heterocycles. The highest BCUT2D eigenvalue weighted by atomic mass is 16.6. The van der Waals surface area contributed by atoms with Crippen molar-refractivity contribution in [2.24, 2.45) is 0 Å². The van der Waals surface area contributed by atoms with Crippen LogP contribution in [0.3, 0.4) is 0 Å². The van der Waals surface area contributed by atoms with E-state index in [1.807, 2.05) is 0 Å². The van der Waals surface area contributed by atoms with Crippen molar-refractivity contribution in [3.8, 4) is 0 Å². The third kappa shape index (κ3) is 36.2. The van der Waals surface area contributed by atoms with Crippen LogP contribution in [0.25, 0.3) is 0 Å². The van der Waals surface area contributed by atoms with E-state index in [1.54, 1.807) is 21.1 Å². The number of nitrogens with zero attached hydrogens (tertiary/aromatic N) is 1. The highest BCUT2D eigenvalue weighted by Crippen LogP contribution is 2.13. The molecular weight excluding hydrogens is 703 g/mol. The summed E-state index contributed by atoms with van der Waals surface area (Å²) in [6, 6.07) is -0.736. The first-order valence-electron chi connectivity index (χ1n) is 21.6. The smallest absolute Gasteiger partial charge is 0.306 e. The van der Waals surface area contributed by atoms with Gasteiger partial charge in [0.05, 0.1) is 40.3 Å². The molecule has 0 bridgehead atoms. The van der Waals surface area contributed by atoms with Crippen LogP contribution in [0.15, 0.2) is 85.1 Å². The monoisotopic (exact) mass is 782 g/mol. The van der Waals surface area contributed by atoms with Gasteiger partial charge in [-0.15, -0.1) is 0 Å². The Morgan fingerprint density at radius 3 is 1.43 bits per heavy atom. The standard InChI is InChI=1S/C48H79NO7/c1-6-8-10-12-14-16-17-18-19-20-21-22-23-24-25-26-27-28-29-31-33-35-37-39-47(51)56-44(42-54-41-40-45(48(52)53)49(3,4)5)43-55-46(50)38-36-34-32-30-15-13-11-9-7-2/h8-11,14-16,18-19,21-22,24-25,30,44-45H,6-7,12-13,17,20,23,26-29,31-43H2,1-5H3/b10-8+,11-9+,16-14+,19-18+,22-21+,25-24+,30-15+. The summed E-state index contributed by atoms with van der Waals surface area (Å²) in [5.41, 5.74) is 0. The molecule has 0 rings (SSSR count). The number of allylic oxidation sites excluding steroid dienone is 14. The topological polar surface area (TPSA) is 102 Å². The van der Waals surface area contributed by atoms with Gasteiger partial charge in [0.25, 0.3) is 0 Å². The quantitative estimate of drug-likeness (QED) is 0.0268. The number of esters is 2. The van der Waals surface area contributed by atoms with Gasteiger partial charge in [0.2, 0.25) is 0 Å². The van der Waals surface area contributed by atoms with Crippen molar-refractivity contribution in [2.75, 3.05) is 41.0 Å². The van der Waals surface area contributed by atoms with E-state index in [0.717, 1.165) is 96.3 Å². The Balaban J connectivity index is 4.31. The summed E-state index contributed by atoms with van der Waals surface area (Å²) >= 11 is 0. The van der Waals surface area contributed by atoms with E-state index >= 15 is 0 Å². The number of carbonyl (C=O) groups is 3. The van der Waals surface area contributed by atoms with E-state index in [1.165, 1.54) is 19.3 Å². The lowest BCUT2D eigenvalue weighted by Crippen LogP contribution is -2.55. The van der Waals surface area contributed by atoms with Gasteiger partial charge < -0.3 is 28.6 Å². The van der Waals surface area contributed by atoms with Gasteiger partial charge in [0.15, 0.2) is 6.10 Å². The molecule has 0 aliphatic rings. The number of hydrogen-bond donors (Lipinski definition) is 0. The van der Waals surface area contributed by atoms with Gasteiger partial charge in [-0.3, -0.25) is 9.59 Å². The van der Waals surface area contributed by atoms with Gasteiger partial charge in [0, 0.05) is 19.3 Å². The van der Waals surface area contributed by atoms with Crippen molar-refractivity contribution in [3.63, 3.8) is 0 Å². The van der Waals surface area contributed by atoms with Gasteiger partial charge in [0.1, 0.15) is 12.6 Å². The number of carbonyl (C=O) groups excluding carboxylic acids is 3. The van der Waals surface area contributed by atoms with Gasteiger partial charge in [-0.2, -0.15) is 0 Å². The van der Waals surface area contributed by atoms with Crippen LogP contribution < -0.4 is 5.11 Å². The number of carboxylic acid groups (broad SMARTS) is 1. The number of unbranched alkanes of at least 4 members (excludes halogenated alkanes) is 9. The summed E-state index contributed by atoms with van der Waals surface area (Å²) in [6.45, 7) is 4.35. The minimum absolute atomic E-state index is 0.0207. The molecule has 0 radical (unpaired) electrons. The number of carboxylic acids is 1. The van der Waals surface area contributed by atoms with E-state index < -0.39 is 18.1 Å². The maximum Gasteiger partial charge on any atom is 0.306 e. The summed E-state index contributed by atoms with van der Waals surface area (Å²) in [6.07, 6.45) is 49.1. The highest BCUT2D eigenvalue weighted by molar-refractivity contribution is 5.70. The molecule has 0 aliphatic carbocycles.